The molecule has 5 nitrogen and oxygen atoms in total. The number of carbonyl (C=O) groups excluding carboxylic acids is 1. The summed E-state index contributed by atoms with van der Waals surface area (Å²) in [6.45, 7) is 18.0. The first-order valence-electron chi connectivity index (χ1n) is 15.2. The van der Waals surface area contributed by atoms with Crippen molar-refractivity contribution in [3.63, 3.8) is 0 Å². The van der Waals surface area contributed by atoms with Crippen molar-refractivity contribution in [3.05, 3.63) is 53.6 Å². The van der Waals surface area contributed by atoms with Gasteiger partial charge in [-0.2, -0.15) is 0 Å². The number of aromatic nitrogens is 2. The summed E-state index contributed by atoms with van der Waals surface area (Å²) in [6, 6.07) is 14.7. The zero-order valence-corrected chi connectivity index (χ0v) is 25.7. The van der Waals surface area contributed by atoms with Gasteiger partial charge in [0.15, 0.2) is 0 Å². The van der Waals surface area contributed by atoms with Crippen LogP contribution >= 0.6 is 0 Å². The largest absolute Gasteiger partial charge is 0.339 e. The lowest BCUT2D eigenvalue weighted by Crippen LogP contribution is -2.34. The van der Waals surface area contributed by atoms with E-state index < -0.39 is 0 Å². The van der Waals surface area contributed by atoms with Gasteiger partial charge in [-0.3, -0.25) is 4.79 Å². The molecule has 0 atom stereocenters. The van der Waals surface area contributed by atoms with Gasteiger partial charge < -0.3 is 14.4 Å². The van der Waals surface area contributed by atoms with Crippen LogP contribution in [0.25, 0.3) is 22.4 Å². The zero-order valence-electron chi connectivity index (χ0n) is 25.7. The van der Waals surface area contributed by atoms with Crippen molar-refractivity contribution in [2.24, 2.45) is 11.8 Å². The number of carbonyl (C=O) groups is 1. The number of hydrogen-bond donors (Lipinski definition) is 0. The van der Waals surface area contributed by atoms with Crippen molar-refractivity contribution in [1.82, 2.24) is 19.4 Å². The number of rotatable bonds is 16. The van der Waals surface area contributed by atoms with Gasteiger partial charge in [0.1, 0.15) is 5.82 Å². The monoisotopic (exact) mass is 532 g/mol. The Hall–Kier alpha value is -2.66. The summed E-state index contributed by atoms with van der Waals surface area (Å²) >= 11 is 0. The highest BCUT2D eigenvalue weighted by Crippen LogP contribution is 2.27. The van der Waals surface area contributed by atoms with Gasteiger partial charge in [-0.15, -0.1) is 0 Å². The normalized spacial score (nSPS) is 11.8. The highest BCUT2D eigenvalue weighted by molar-refractivity contribution is 5.98. The van der Waals surface area contributed by atoms with Gasteiger partial charge in [-0.05, 0) is 88.8 Å². The molecule has 1 amide bonds. The average Bonchev–Trinajstić information content (AvgIpc) is 3.26. The third-order valence-electron chi connectivity index (χ3n) is 7.58. The van der Waals surface area contributed by atoms with Crippen LogP contribution in [0.2, 0.25) is 0 Å². The number of hydrogen-bond acceptors (Lipinski definition) is 3. The van der Waals surface area contributed by atoms with E-state index in [9.17, 15) is 4.79 Å². The number of imidazole rings is 1. The molecule has 1 aromatic heterocycles. The predicted octanol–water partition coefficient (Wildman–Crippen LogP) is 8.06. The third-order valence-corrected chi connectivity index (χ3v) is 7.58. The number of aryl methyl sites for hydroxylation is 2. The molecule has 0 radical (unpaired) electrons. The molecular weight excluding hydrogens is 480 g/mol. The summed E-state index contributed by atoms with van der Waals surface area (Å²) in [4.78, 5) is 23.3. The molecule has 1 heterocycles. The Kier molecular flexibility index (Phi) is 12.0. The number of benzene rings is 2. The van der Waals surface area contributed by atoms with E-state index in [4.69, 9.17) is 4.98 Å². The molecule has 0 unspecified atom stereocenters. The van der Waals surface area contributed by atoms with Crippen molar-refractivity contribution in [1.29, 1.82) is 0 Å². The highest BCUT2D eigenvalue weighted by atomic mass is 16.2. The lowest BCUT2D eigenvalue weighted by Gasteiger charge is -2.25. The van der Waals surface area contributed by atoms with E-state index in [2.05, 4.69) is 93.3 Å². The van der Waals surface area contributed by atoms with Crippen molar-refractivity contribution < 1.29 is 4.79 Å². The van der Waals surface area contributed by atoms with Crippen LogP contribution in [-0.2, 0) is 6.54 Å². The number of unbranched alkanes of at least 4 members (excludes halogenated alkanes) is 2. The van der Waals surface area contributed by atoms with Crippen LogP contribution < -0.4 is 0 Å². The van der Waals surface area contributed by atoms with Crippen molar-refractivity contribution in [3.8, 4) is 11.4 Å². The minimum Gasteiger partial charge on any atom is -0.339 e. The average molecular weight is 533 g/mol. The summed E-state index contributed by atoms with van der Waals surface area (Å²) < 4.78 is 2.34. The van der Waals surface area contributed by atoms with E-state index in [1.54, 1.807) is 0 Å². The molecule has 0 aliphatic heterocycles. The molecule has 0 fully saturated rings. The van der Waals surface area contributed by atoms with Crippen molar-refractivity contribution in [2.75, 3.05) is 33.2 Å². The summed E-state index contributed by atoms with van der Waals surface area (Å²) in [5.41, 5.74) is 5.13. The van der Waals surface area contributed by atoms with Crippen molar-refractivity contribution in [2.45, 2.75) is 86.6 Å². The molecule has 39 heavy (non-hydrogen) atoms. The maximum absolute atomic E-state index is 13.8. The first-order valence-corrected chi connectivity index (χ1v) is 15.2. The first kappa shape index (κ1) is 30.9. The first-order chi connectivity index (χ1) is 18.7. The Bertz CT molecular complexity index is 1170. The fourth-order valence-corrected chi connectivity index (χ4v) is 5.05. The van der Waals surface area contributed by atoms with Crippen LogP contribution in [0.1, 0.15) is 89.1 Å². The van der Waals surface area contributed by atoms with Crippen LogP contribution in [0.15, 0.2) is 42.5 Å². The number of fused-ring (bicyclic) bond motifs is 1. The molecule has 0 saturated carbocycles. The predicted molar refractivity (Wildman–Crippen MR) is 166 cm³/mol. The molecule has 0 N–H and O–H groups in total. The minimum absolute atomic E-state index is 0.138. The molecule has 2 aromatic carbocycles. The fraction of sp³-hybridized carbons (Fsp3) is 0.588. The van der Waals surface area contributed by atoms with Crippen LogP contribution in [0.4, 0.5) is 0 Å². The summed E-state index contributed by atoms with van der Waals surface area (Å²) in [6.07, 6.45) is 6.88. The maximum Gasteiger partial charge on any atom is 0.253 e. The van der Waals surface area contributed by atoms with E-state index in [0.717, 1.165) is 80.0 Å². The summed E-state index contributed by atoms with van der Waals surface area (Å²) in [5, 5.41) is 0. The standard InChI is InChI=1S/C34H52N4O/c1-8-9-10-19-36(7)20-12-21-38-32-25-30(34(39)37(22-17-26(2)3)23-18-27(4)5)15-16-31(32)35-33(38)29-14-11-13-28(6)24-29/h11,13-16,24-27H,8-10,12,17-23H2,1-7H3. The van der Waals surface area contributed by atoms with Gasteiger partial charge in [-0.25, -0.2) is 4.98 Å². The maximum atomic E-state index is 13.8. The van der Waals surface area contributed by atoms with Crippen LogP contribution in [-0.4, -0.2) is 58.5 Å². The lowest BCUT2D eigenvalue weighted by atomic mass is 10.1. The van der Waals surface area contributed by atoms with Gasteiger partial charge in [0.25, 0.3) is 5.91 Å². The molecule has 0 aliphatic carbocycles. The highest BCUT2D eigenvalue weighted by Gasteiger charge is 2.20. The third kappa shape index (κ3) is 9.20. The van der Waals surface area contributed by atoms with Crippen LogP contribution in [0.3, 0.4) is 0 Å². The Morgan fingerprint density at radius 3 is 2.23 bits per heavy atom. The van der Waals surface area contributed by atoms with Gasteiger partial charge in [0.2, 0.25) is 0 Å². The molecule has 0 spiro atoms. The minimum atomic E-state index is 0.138. The zero-order chi connectivity index (χ0) is 28.4. The Morgan fingerprint density at radius 2 is 1.59 bits per heavy atom. The van der Waals surface area contributed by atoms with Gasteiger partial charge in [-0.1, -0.05) is 71.2 Å². The van der Waals surface area contributed by atoms with E-state index in [-0.39, 0.29) is 5.91 Å². The van der Waals surface area contributed by atoms with Crippen LogP contribution in [0.5, 0.6) is 0 Å². The summed E-state index contributed by atoms with van der Waals surface area (Å²) in [5.74, 6) is 2.27. The molecule has 214 valence electrons. The van der Waals surface area contributed by atoms with E-state index in [0.29, 0.717) is 11.8 Å². The van der Waals surface area contributed by atoms with E-state index in [1.165, 1.54) is 24.8 Å². The van der Waals surface area contributed by atoms with Crippen molar-refractivity contribution >= 4 is 16.9 Å². The Balaban J connectivity index is 1.92. The van der Waals surface area contributed by atoms with Gasteiger partial charge >= 0.3 is 0 Å². The number of amides is 1. The Labute approximate surface area is 237 Å². The fourth-order valence-electron chi connectivity index (χ4n) is 5.05. The molecule has 0 bridgehead atoms. The topological polar surface area (TPSA) is 41.4 Å². The number of nitrogens with zero attached hydrogens (tertiary/aromatic N) is 4. The van der Waals surface area contributed by atoms with Gasteiger partial charge in [0, 0.05) is 30.8 Å². The van der Waals surface area contributed by atoms with Gasteiger partial charge in [0.05, 0.1) is 11.0 Å². The molecule has 0 saturated heterocycles. The quantitative estimate of drug-likeness (QED) is 0.175. The van der Waals surface area contributed by atoms with E-state index in [1.807, 2.05) is 12.1 Å². The Morgan fingerprint density at radius 1 is 0.897 bits per heavy atom. The second-order valence-electron chi connectivity index (χ2n) is 12.2. The SMILES string of the molecule is CCCCCN(C)CCCn1c(-c2cccc(C)c2)nc2ccc(C(=O)N(CCC(C)C)CCC(C)C)cc21. The molecule has 5 heteroatoms. The lowest BCUT2D eigenvalue weighted by molar-refractivity contribution is 0.0741. The van der Waals surface area contributed by atoms with E-state index >= 15 is 0 Å². The molecule has 0 aliphatic rings. The van der Waals surface area contributed by atoms with Crippen LogP contribution in [0, 0.1) is 18.8 Å². The molecule has 3 aromatic rings. The molecule has 3 rings (SSSR count). The smallest absolute Gasteiger partial charge is 0.253 e. The second-order valence-corrected chi connectivity index (χ2v) is 12.2. The summed E-state index contributed by atoms with van der Waals surface area (Å²) in [7, 11) is 2.23. The molecular formula is C34H52N4O. The second kappa shape index (κ2) is 15.2.